The lowest BCUT2D eigenvalue weighted by Crippen LogP contribution is -2.19. The van der Waals surface area contributed by atoms with E-state index >= 15 is 0 Å². The first kappa shape index (κ1) is 22.8. The molecule has 4 aromatic rings. The number of carbonyl (C=O) groups excluding carboxylic acids is 1. The molecule has 0 spiro atoms. The number of aromatic nitrogens is 1. The molecule has 1 aromatic heterocycles. The van der Waals surface area contributed by atoms with Gasteiger partial charge in [0.2, 0.25) is 0 Å². The quantitative estimate of drug-likeness (QED) is 0.271. The van der Waals surface area contributed by atoms with E-state index in [-0.39, 0.29) is 5.91 Å². The van der Waals surface area contributed by atoms with Crippen molar-refractivity contribution in [1.82, 2.24) is 9.88 Å². The number of halogens is 2. The molecule has 0 radical (unpaired) electrons. The van der Waals surface area contributed by atoms with E-state index in [1.54, 1.807) is 25.3 Å². The third kappa shape index (κ3) is 4.78. The van der Waals surface area contributed by atoms with E-state index in [0.717, 1.165) is 27.5 Å². The molecule has 0 unspecified atom stereocenters. The molecule has 34 heavy (non-hydrogen) atoms. The second-order valence-electron chi connectivity index (χ2n) is 7.65. The first-order valence-electron chi connectivity index (χ1n) is 10.5. The third-order valence-electron chi connectivity index (χ3n) is 5.39. The number of ether oxygens (including phenoxy) is 1. The molecular formula is C26H19BrClN3O2S. The Morgan fingerprint density at radius 1 is 1.15 bits per heavy atom. The van der Waals surface area contributed by atoms with Crippen LogP contribution in [0.15, 0.2) is 87.3 Å². The summed E-state index contributed by atoms with van der Waals surface area (Å²) in [5.41, 5.74) is 3.84. The normalized spacial score (nSPS) is 15.9. The van der Waals surface area contributed by atoms with E-state index in [1.165, 1.54) is 17.3 Å². The fourth-order valence-electron chi connectivity index (χ4n) is 3.79. The van der Waals surface area contributed by atoms with E-state index in [9.17, 15) is 4.79 Å². The van der Waals surface area contributed by atoms with Gasteiger partial charge in [-0.2, -0.15) is 0 Å². The van der Waals surface area contributed by atoms with Crippen LogP contribution in [0.2, 0.25) is 5.02 Å². The number of amidine groups is 1. The van der Waals surface area contributed by atoms with Crippen LogP contribution in [0.3, 0.4) is 0 Å². The molecule has 1 amide bonds. The number of carbonyl (C=O) groups is 1. The topological polar surface area (TPSA) is 55.6 Å². The van der Waals surface area contributed by atoms with Crippen LogP contribution in [0.4, 0.5) is 5.69 Å². The summed E-state index contributed by atoms with van der Waals surface area (Å²) in [6.07, 6.45) is 4.00. The molecular weight excluding hydrogens is 534 g/mol. The largest absolute Gasteiger partial charge is 0.494 e. The van der Waals surface area contributed by atoms with Crippen LogP contribution in [-0.2, 0) is 11.3 Å². The molecule has 1 N–H and O–H groups in total. The summed E-state index contributed by atoms with van der Waals surface area (Å²) in [5.74, 6) is 0.398. The van der Waals surface area contributed by atoms with Gasteiger partial charge in [0.1, 0.15) is 11.4 Å². The molecule has 5 rings (SSSR count). The van der Waals surface area contributed by atoms with Gasteiger partial charge in [-0.25, -0.2) is 4.99 Å². The predicted octanol–water partition coefficient (Wildman–Crippen LogP) is 7.01. The van der Waals surface area contributed by atoms with Gasteiger partial charge in [0.15, 0.2) is 5.17 Å². The van der Waals surface area contributed by atoms with Crippen LogP contribution in [0.5, 0.6) is 5.75 Å². The number of nitrogens with zero attached hydrogens (tertiary/aromatic N) is 2. The molecule has 0 atom stereocenters. The van der Waals surface area contributed by atoms with E-state index in [0.29, 0.717) is 26.5 Å². The number of benzene rings is 3. The van der Waals surface area contributed by atoms with Gasteiger partial charge in [-0.1, -0.05) is 57.9 Å². The third-order valence-corrected chi connectivity index (χ3v) is 7.06. The van der Waals surface area contributed by atoms with E-state index in [4.69, 9.17) is 16.3 Å². The van der Waals surface area contributed by atoms with Crippen LogP contribution in [0.1, 0.15) is 11.1 Å². The standard InChI is InChI=1S/C26H19BrClN3O2S/c1-33-23-11-10-19(28)13-21(23)29-26-30-25(32)24(34-26)12-17-15-31(22-5-3-2-4-20(17)22)14-16-6-8-18(27)9-7-16/h2-13,15H,14H2,1H3,(H,29,30,32)/b24-12-. The Kier molecular flexibility index (Phi) is 6.50. The maximum atomic E-state index is 12.7. The van der Waals surface area contributed by atoms with Crippen molar-refractivity contribution in [3.63, 3.8) is 0 Å². The number of hydrogen-bond donors (Lipinski definition) is 1. The van der Waals surface area contributed by atoms with Crippen molar-refractivity contribution in [3.05, 3.63) is 98.5 Å². The minimum atomic E-state index is -0.186. The minimum absolute atomic E-state index is 0.186. The Balaban J connectivity index is 1.47. The van der Waals surface area contributed by atoms with Gasteiger partial charge in [0, 0.05) is 38.7 Å². The number of fused-ring (bicyclic) bond motifs is 1. The average Bonchev–Trinajstić information content (AvgIpc) is 3.35. The number of amides is 1. The van der Waals surface area contributed by atoms with Crippen molar-refractivity contribution in [1.29, 1.82) is 0 Å². The van der Waals surface area contributed by atoms with Gasteiger partial charge < -0.3 is 14.6 Å². The number of hydrogen-bond acceptors (Lipinski definition) is 4. The van der Waals surface area contributed by atoms with Crippen LogP contribution in [0, 0.1) is 0 Å². The minimum Gasteiger partial charge on any atom is -0.494 e. The van der Waals surface area contributed by atoms with E-state index in [1.807, 2.05) is 30.3 Å². The second kappa shape index (κ2) is 9.70. The van der Waals surface area contributed by atoms with Gasteiger partial charge in [-0.15, -0.1) is 0 Å². The fourth-order valence-corrected chi connectivity index (χ4v) is 5.05. The number of thioether (sulfide) groups is 1. The smallest absolute Gasteiger partial charge is 0.264 e. The van der Waals surface area contributed by atoms with Gasteiger partial charge >= 0.3 is 0 Å². The van der Waals surface area contributed by atoms with Crippen LogP contribution in [0.25, 0.3) is 17.0 Å². The zero-order chi connectivity index (χ0) is 23.7. The summed E-state index contributed by atoms with van der Waals surface area (Å²) in [5, 5.41) is 4.95. The van der Waals surface area contributed by atoms with Gasteiger partial charge in [0.25, 0.3) is 5.91 Å². The van der Waals surface area contributed by atoms with E-state index in [2.05, 4.69) is 61.3 Å². The van der Waals surface area contributed by atoms with Crippen molar-refractivity contribution >= 4 is 73.0 Å². The highest BCUT2D eigenvalue weighted by Crippen LogP contribution is 2.35. The maximum absolute atomic E-state index is 12.7. The Bertz CT molecular complexity index is 1460. The summed E-state index contributed by atoms with van der Waals surface area (Å²) in [7, 11) is 1.57. The first-order valence-corrected chi connectivity index (χ1v) is 12.4. The zero-order valence-corrected chi connectivity index (χ0v) is 21.2. The molecule has 1 aliphatic heterocycles. The Labute approximate surface area is 214 Å². The molecule has 3 aromatic carbocycles. The lowest BCUT2D eigenvalue weighted by atomic mass is 10.1. The van der Waals surface area contributed by atoms with Crippen molar-refractivity contribution in [2.24, 2.45) is 4.99 Å². The highest BCUT2D eigenvalue weighted by Gasteiger charge is 2.25. The molecule has 5 nitrogen and oxygen atoms in total. The summed E-state index contributed by atoms with van der Waals surface area (Å²) >= 11 is 10.9. The molecule has 1 fully saturated rings. The zero-order valence-electron chi connectivity index (χ0n) is 18.1. The predicted molar refractivity (Wildman–Crippen MR) is 144 cm³/mol. The van der Waals surface area contributed by atoms with Gasteiger partial charge in [0.05, 0.1) is 12.0 Å². The summed E-state index contributed by atoms with van der Waals surface area (Å²) in [6, 6.07) is 21.7. The molecule has 0 bridgehead atoms. The summed E-state index contributed by atoms with van der Waals surface area (Å²) in [6.45, 7) is 0.734. The Hall–Kier alpha value is -3.00. The summed E-state index contributed by atoms with van der Waals surface area (Å²) < 4.78 is 8.61. The van der Waals surface area contributed by atoms with Crippen molar-refractivity contribution in [2.45, 2.75) is 6.54 Å². The Morgan fingerprint density at radius 3 is 2.74 bits per heavy atom. The van der Waals surface area contributed by atoms with Crippen LogP contribution < -0.4 is 10.1 Å². The molecule has 170 valence electrons. The average molecular weight is 553 g/mol. The fraction of sp³-hybridized carbons (Fsp3) is 0.0769. The van der Waals surface area contributed by atoms with Crippen molar-refractivity contribution < 1.29 is 9.53 Å². The maximum Gasteiger partial charge on any atom is 0.264 e. The number of para-hydroxylation sites is 1. The molecule has 8 heteroatoms. The van der Waals surface area contributed by atoms with Crippen molar-refractivity contribution in [2.75, 3.05) is 7.11 Å². The molecule has 1 saturated heterocycles. The van der Waals surface area contributed by atoms with Gasteiger partial charge in [-0.3, -0.25) is 4.79 Å². The lowest BCUT2D eigenvalue weighted by Gasteiger charge is -2.05. The molecule has 1 aliphatic rings. The molecule has 0 aliphatic carbocycles. The molecule has 0 saturated carbocycles. The van der Waals surface area contributed by atoms with Crippen LogP contribution >= 0.6 is 39.3 Å². The first-order chi connectivity index (χ1) is 16.5. The summed E-state index contributed by atoms with van der Waals surface area (Å²) in [4.78, 5) is 17.8. The molecule has 2 heterocycles. The number of nitrogens with one attached hydrogen (secondary N) is 1. The van der Waals surface area contributed by atoms with Crippen molar-refractivity contribution in [3.8, 4) is 5.75 Å². The number of rotatable bonds is 5. The number of methoxy groups -OCH3 is 1. The number of aliphatic imine (C=N–C) groups is 1. The highest BCUT2D eigenvalue weighted by molar-refractivity contribution is 9.10. The van der Waals surface area contributed by atoms with Crippen LogP contribution in [-0.4, -0.2) is 22.8 Å². The highest BCUT2D eigenvalue weighted by atomic mass is 79.9. The SMILES string of the molecule is COc1ccc(Cl)cc1N=C1NC(=O)/C(=C/c2cn(Cc3ccc(Br)cc3)c3ccccc23)S1. The monoisotopic (exact) mass is 551 g/mol. The van der Waals surface area contributed by atoms with E-state index < -0.39 is 0 Å². The lowest BCUT2D eigenvalue weighted by molar-refractivity contribution is -0.115. The Morgan fingerprint density at radius 2 is 1.94 bits per heavy atom. The second-order valence-corrected chi connectivity index (χ2v) is 10.0. The van der Waals surface area contributed by atoms with Gasteiger partial charge in [-0.05, 0) is 59.8 Å².